The Bertz CT molecular complexity index is 784. The molecule has 0 unspecified atom stereocenters. The quantitative estimate of drug-likeness (QED) is 0.807. The minimum Gasteiger partial charge on any atom is -0.364 e. The lowest BCUT2D eigenvalue weighted by atomic mass is 10.2. The monoisotopic (exact) mass is 327 g/mol. The fourth-order valence-corrected chi connectivity index (χ4v) is 2.63. The summed E-state index contributed by atoms with van der Waals surface area (Å²) in [5.41, 5.74) is 6.13. The van der Waals surface area contributed by atoms with Crippen LogP contribution in [0.3, 0.4) is 0 Å². The molecule has 1 aliphatic heterocycles. The Labute approximate surface area is 138 Å². The lowest BCUT2D eigenvalue weighted by molar-refractivity contribution is -0.131. The molecule has 0 aliphatic carbocycles. The summed E-state index contributed by atoms with van der Waals surface area (Å²) in [6.07, 6.45) is 1.42. The van der Waals surface area contributed by atoms with Crippen LogP contribution < -0.4 is 11.1 Å². The van der Waals surface area contributed by atoms with Crippen LogP contribution in [0.15, 0.2) is 36.5 Å². The zero-order chi connectivity index (χ0) is 17.1. The van der Waals surface area contributed by atoms with Gasteiger partial charge in [0.15, 0.2) is 0 Å². The van der Waals surface area contributed by atoms with Gasteiger partial charge in [0.25, 0.3) is 11.8 Å². The molecule has 2 aromatic rings. The Morgan fingerprint density at radius 1 is 1.17 bits per heavy atom. The molecule has 0 radical (unpaired) electrons. The van der Waals surface area contributed by atoms with E-state index in [1.807, 2.05) is 6.07 Å². The second-order valence-electron chi connectivity index (χ2n) is 5.44. The SMILES string of the molecule is NC(=O)c1cnc2n1CCN(C(=O)CNC(=O)c1ccccc1)C2. The van der Waals surface area contributed by atoms with Gasteiger partial charge < -0.3 is 20.5 Å². The highest BCUT2D eigenvalue weighted by Gasteiger charge is 2.24. The third kappa shape index (κ3) is 3.12. The Morgan fingerprint density at radius 2 is 1.92 bits per heavy atom. The average molecular weight is 327 g/mol. The number of rotatable bonds is 4. The van der Waals surface area contributed by atoms with Gasteiger partial charge in [-0.3, -0.25) is 14.4 Å². The third-order valence-corrected chi connectivity index (χ3v) is 3.91. The van der Waals surface area contributed by atoms with Crippen molar-refractivity contribution >= 4 is 17.7 Å². The molecule has 0 saturated carbocycles. The maximum absolute atomic E-state index is 12.3. The molecule has 24 heavy (non-hydrogen) atoms. The number of benzene rings is 1. The van der Waals surface area contributed by atoms with Crippen molar-refractivity contribution in [2.45, 2.75) is 13.1 Å². The van der Waals surface area contributed by atoms with Gasteiger partial charge in [-0.1, -0.05) is 18.2 Å². The average Bonchev–Trinajstić information content (AvgIpc) is 3.03. The second-order valence-corrected chi connectivity index (χ2v) is 5.44. The van der Waals surface area contributed by atoms with E-state index >= 15 is 0 Å². The third-order valence-electron chi connectivity index (χ3n) is 3.91. The second kappa shape index (κ2) is 6.53. The molecule has 0 atom stereocenters. The molecule has 124 valence electrons. The summed E-state index contributed by atoms with van der Waals surface area (Å²) in [6, 6.07) is 8.71. The number of nitrogens with one attached hydrogen (secondary N) is 1. The van der Waals surface area contributed by atoms with Crippen molar-refractivity contribution in [2.24, 2.45) is 5.73 Å². The smallest absolute Gasteiger partial charge is 0.266 e. The van der Waals surface area contributed by atoms with E-state index in [4.69, 9.17) is 5.73 Å². The molecule has 1 aromatic carbocycles. The topological polar surface area (TPSA) is 110 Å². The van der Waals surface area contributed by atoms with E-state index in [9.17, 15) is 14.4 Å². The van der Waals surface area contributed by atoms with Crippen LogP contribution in [0.25, 0.3) is 0 Å². The number of amides is 3. The van der Waals surface area contributed by atoms with Gasteiger partial charge in [0.2, 0.25) is 5.91 Å². The first-order chi connectivity index (χ1) is 11.6. The number of hydrogen-bond donors (Lipinski definition) is 2. The van der Waals surface area contributed by atoms with E-state index in [0.717, 1.165) is 0 Å². The zero-order valence-electron chi connectivity index (χ0n) is 12.9. The standard InChI is InChI=1S/C16H17N5O3/c17-15(23)12-8-18-13-10-20(6-7-21(12)13)14(22)9-19-16(24)11-4-2-1-3-5-11/h1-5,8H,6-7,9-10H2,(H2,17,23)(H,19,24). The van der Waals surface area contributed by atoms with Crippen molar-refractivity contribution in [3.05, 3.63) is 53.6 Å². The number of primary amides is 1. The Kier molecular flexibility index (Phi) is 4.28. The molecule has 1 aromatic heterocycles. The van der Waals surface area contributed by atoms with Crippen LogP contribution in [0.4, 0.5) is 0 Å². The molecule has 3 N–H and O–H groups in total. The van der Waals surface area contributed by atoms with Crippen LogP contribution in [0, 0.1) is 0 Å². The Balaban J connectivity index is 1.58. The molecular weight excluding hydrogens is 310 g/mol. The lowest BCUT2D eigenvalue weighted by Crippen LogP contribution is -2.44. The molecule has 8 heteroatoms. The molecule has 0 saturated heterocycles. The Morgan fingerprint density at radius 3 is 2.62 bits per heavy atom. The number of fused-ring (bicyclic) bond motifs is 1. The molecule has 1 aliphatic rings. The fourth-order valence-electron chi connectivity index (χ4n) is 2.63. The van der Waals surface area contributed by atoms with Crippen LogP contribution in [-0.2, 0) is 17.9 Å². The summed E-state index contributed by atoms with van der Waals surface area (Å²) in [6.45, 7) is 1.08. The van der Waals surface area contributed by atoms with E-state index < -0.39 is 5.91 Å². The van der Waals surface area contributed by atoms with Crippen molar-refractivity contribution in [1.82, 2.24) is 19.8 Å². The van der Waals surface area contributed by atoms with Crippen molar-refractivity contribution in [2.75, 3.05) is 13.1 Å². The van der Waals surface area contributed by atoms with Crippen LogP contribution in [0.1, 0.15) is 26.7 Å². The van der Waals surface area contributed by atoms with E-state index in [2.05, 4.69) is 10.3 Å². The molecule has 3 rings (SSSR count). The van der Waals surface area contributed by atoms with E-state index in [0.29, 0.717) is 30.2 Å². The molecule has 3 amide bonds. The van der Waals surface area contributed by atoms with Gasteiger partial charge in [-0.15, -0.1) is 0 Å². The predicted molar refractivity (Wildman–Crippen MR) is 84.9 cm³/mol. The number of imidazole rings is 1. The lowest BCUT2D eigenvalue weighted by Gasteiger charge is -2.28. The minimum absolute atomic E-state index is 0.0862. The predicted octanol–water partition coefficient (Wildman–Crippen LogP) is -0.246. The maximum Gasteiger partial charge on any atom is 0.266 e. The number of carbonyl (C=O) groups excluding carboxylic acids is 3. The maximum atomic E-state index is 12.3. The van der Waals surface area contributed by atoms with Crippen molar-refractivity contribution in [3.8, 4) is 0 Å². The highest BCUT2D eigenvalue weighted by Crippen LogP contribution is 2.14. The van der Waals surface area contributed by atoms with E-state index in [1.165, 1.54) is 6.20 Å². The zero-order valence-corrected chi connectivity index (χ0v) is 12.9. The molecule has 0 bridgehead atoms. The summed E-state index contributed by atoms with van der Waals surface area (Å²) in [5, 5.41) is 2.61. The van der Waals surface area contributed by atoms with Gasteiger partial charge in [-0.25, -0.2) is 4.98 Å². The van der Waals surface area contributed by atoms with E-state index in [-0.39, 0.29) is 24.9 Å². The van der Waals surface area contributed by atoms with Crippen LogP contribution in [0.5, 0.6) is 0 Å². The van der Waals surface area contributed by atoms with Crippen LogP contribution in [-0.4, -0.2) is 45.3 Å². The minimum atomic E-state index is -0.538. The molecule has 0 spiro atoms. The molecule has 0 fully saturated rings. The number of nitrogens with zero attached hydrogens (tertiary/aromatic N) is 3. The van der Waals surface area contributed by atoms with Crippen LogP contribution >= 0.6 is 0 Å². The summed E-state index contributed by atoms with van der Waals surface area (Å²) in [5.74, 6) is -0.422. The van der Waals surface area contributed by atoms with Crippen molar-refractivity contribution < 1.29 is 14.4 Å². The normalized spacial score (nSPS) is 13.2. The first kappa shape index (κ1) is 15.7. The molecule has 8 nitrogen and oxygen atoms in total. The first-order valence-corrected chi connectivity index (χ1v) is 7.51. The highest BCUT2D eigenvalue weighted by molar-refractivity contribution is 5.96. The number of aromatic nitrogens is 2. The largest absolute Gasteiger partial charge is 0.364 e. The molecule has 2 heterocycles. The van der Waals surface area contributed by atoms with E-state index in [1.54, 1.807) is 33.7 Å². The highest BCUT2D eigenvalue weighted by atomic mass is 16.2. The summed E-state index contributed by atoms with van der Waals surface area (Å²) >= 11 is 0. The number of hydrogen-bond acceptors (Lipinski definition) is 4. The van der Waals surface area contributed by atoms with Gasteiger partial charge in [-0.2, -0.15) is 0 Å². The van der Waals surface area contributed by atoms with Gasteiger partial charge in [0.1, 0.15) is 11.5 Å². The van der Waals surface area contributed by atoms with Gasteiger partial charge in [0, 0.05) is 18.7 Å². The van der Waals surface area contributed by atoms with Gasteiger partial charge in [0.05, 0.1) is 19.3 Å². The van der Waals surface area contributed by atoms with Crippen molar-refractivity contribution in [3.63, 3.8) is 0 Å². The van der Waals surface area contributed by atoms with Crippen LogP contribution in [0.2, 0.25) is 0 Å². The summed E-state index contributed by atoms with van der Waals surface area (Å²) in [7, 11) is 0. The van der Waals surface area contributed by atoms with Crippen molar-refractivity contribution in [1.29, 1.82) is 0 Å². The summed E-state index contributed by atoms with van der Waals surface area (Å²) in [4.78, 5) is 41.3. The fraction of sp³-hybridized carbons (Fsp3) is 0.250. The van der Waals surface area contributed by atoms with Gasteiger partial charge >= 0.3 is 0 Å². The molecular formula is C16H17N5O3. The van der Waals surface area contributed by atoms with Gasteiger partial charge in [-0.05, 0) is 12.1 Å². The summed E-state index contributed by atoms with van der Waals surface area (Å²) < 4.78 is 1.72. The first-order valence-electron chi connectivity index (χ1n) is 7.51. The number of carbonyl (C=O) groups is 3. The number of nitrogens with two attached hydrogens (primary N) is 1. The Hall–Kier alpha value is -3.16.